The van der Waals surface area contributed by atoms with Crippen LogP contribution in [0, 0.1) is 11.4 Å². The summed E-state index contributed by atoms with van der Waals surface area (Å²) in [4.78, 5) is 12.8. The second-order valence-corrected chi connectivity index (χ2v) is 6.23. The second-order valence-electron chi connectivity index (χ2n) is 5.79. The number of para-hydroxylation sites is 1. The lowest BCUT2D eigenvalue weighted by Gasteiger charge is -2.15. The highest BCUT2D eigenvalue weighted by Gasteiger charge is 2.35. The molecule has 0 radical (unpaired) electrons. The summed E-state index contributed by atoms with van der Waals surface area (Å²) in [6.45, 7) is 1.56. The Hall–Kier alpha value is -2.93. The molecular weight excluding hydrogens is 375 g/mol. The van der Waals surface area contributed by atoms with Gasteiger partial charge in [-0.1, -0.05) is 48.6 Å². The third-order valence-electron chi connectivity index (χ3n) is 3.81. The summed E-state index contributed by atoms with van der Waals surface area (Å²) in [5.74, 6) is -0.536. The normalized spacial score (nSPS) is 11.3. The van der Waals surface area contributed by atoms with E-state index in [9.17, 15) is 18.0 Å². The molecule has 0 aliphatic heterocycles. The molecule has 1 N–H and O–H groups in total. The SMILES string of the molecule is Cc1cc(=S)c(C(=O)Nc2ccccc2)c(-c2ccccc2C(F)(F)F)o1. The van der Waals surface area contributed by atoms with E-state index >= 15 is 0 Å². The lowest BCUT2D eigenvalue weighted by molar-refractivity contribution is -0.137. The Morgan fingerprint density at radius 3 is 2.33 bits per heavy atom. The van der Waals surface area contributed by atoms with E-state index < -0.39 is 17.6 Å². The fourth-order valence-electron chi connectivity index (χ4n) is 2.66. The Balaban J connectivity index is 2.18. The standard InChI is InChI=1S/C20H14F3NO2S/c1-12-11-16(27)17(19(25)24-13-7-3-2-4-8-13)18(26-12)14-9-5-6-10-15(14)20(21,22)23/h2-11H,1H3,(H,24,25). The average molecular weight is 389 g/mol. The molecule has 3 aromatic rings. The number of carbonyl (C=O) groups excluding carboxylic acids is 1. The third-order valence-corrected chi connectivity index (χ3v) is 4.13. The Bertz CT molecular complexity index is 1040. The van der Waals surface area contributed by atoms with Crippen molar-refractivity contribution in [2.75, 3.05) is 5.32 Å². The zero-order valence-corrected chi connectivity index (χ0v) is 14.9. The van der Waals surface area contributed by atoms with Crippen molar-refractivity contribution in [1.82, 2.24) is 0 Å². The van der Waals surface area contributed by atoms with Crippen LogP contribution >= 0.6 is 12.2 Å². The quantitative estimate of drug-likeness (QED) is 0.538. The number of hydrogen-bond acceptors (Lipinski definition) is 3. The fraction of sp³-hybridized carbons (Fsp3) is 0.100. The van der Waals surface area contributed by atoms with E-state index in [1.807, 2.05) is 0 Å². The highest BCUT2D eigenvalue weighted by atomic mass is 32.1. The molecule has 3 rings (SSSR count). The molecule has 0 aliphatic carbocycles. The lowest BCUT2D eigenvalue weighted by atomic mass is 10.0. The van der Waals surface area contributed by atoms with E-state index in [0.717, 1.165) is 6.07 Å². The van der Waals surface area contributed by atoms with E-state index in [1.165, 1.54) is 24.3 Å². The maximum absolute atomic E-state index is 13.4. The van der Waals surface area contributed by atoms with Gasteiger partial charge in [0.2, 0.25) is 0 Å². The maximum atomic E-state index is 13.4. The number of halogens is 3. The minimum Gasteiger partial charge on any atom is -0.460 e. The summed E-state index contributed by atoms with van der Waals surface area (Å²) in [7, 11) is 0. The van der Waals surface area contributed by atoms with Gasteiger partial charge in [0, 0.05) is 11.3 Å². The van der Waals surface area contributed by atoms with Crippen molar-refractivity contribution in [3.05, 3.63) is 82.1 Å². The molecule has 0 bridgehead atoms. The first kappa shape index (κ1) is 18.8. The van der Waals surface area contributed by atoms with Crippen molar-refractivity contribution < 1.29 is 22.4 Å². The second kappa shape index (κ2) is 7.36. The topological polar surface area (TPSA) is 42.2 Å². The molecular formula is C20H14F3NO2S. The molecule has 0 saturated carbocycles. The van der Waals surface area contributed by atoms with Crippen LogP contribution in [0.15, 0.2) is 65.1 Å². The Morgan fingerprint density at radius 2 is 1.67 bits per heavy atom. The molecule has 138 valence electrons. The first-order valence-corrected chi connectivity index (χ1v) is 8.36. The van der Waals surface area contributed by atoms with Gasteiger partial charge in [-0.15, -0.1) is 0 Å². The predicted octanol–water partition coefficient (Wildman–Crippen LogP) is 6.26. The molecule has 7 heteroatoms. The summed E-state index contributed by atoms with van der Waals surface area (Å²) >= 11 is 5.25. The van der Waals surface area contributed by atoms with Gasteiger partial charge < -0.3 is 9.73 Å². The highest BCUT2D eigenvalue weighted by molar-refractivity contribution is 7.71. The van der Waals surface area contributed by atoms with Gasteiger partial charge in [-0.25, -0.2) is 0 Å². The molecule has 0 atom stereocenters. The number of aryl methyl sites for hydroxylation is 1. The van der Waals surface area contributed by atoms with Crippen molar-refractivity contribution >= 4 is 23.8 Å². The summed E-state index contributed by atoms with van der Waals surface area (Å²) in [5, 5.41) is 2.64. The molecule has 0 unspecified atom stereocenters. The number of alkyl halides is 3. The number of benzene rings is 2. The molecule has 2 aromatic carbocycles. The van der Waals surface area contributed by atoms with Crippen molar-refractivity contribution in [3.8, 4) is 11.3 Å². The van der Waals surface area contributed by atoms with Crippen LogP contribution in [0.1, 0.15) is 21.7 Å². The van der Waals surface area contributed by atoms with Crippen LogP contribution in [-0.2, 0) is 6.18 Å². The monoisotopic (exact) mass is 389 g/mol. The van der Waals surface area contributed by atoms with E-state index in [2.05, 4.69) is 5.32 Å². The number of carbonyl (C=O) groups is 1. The van der Waals surface area contributed by atoms with Gasteiger partial charge in [-0.2, -0.15) is 13.2 Å². The van der Waals surface area contributed by atoms with Crippen molar-refractivity contribution in [2.24, 2.45) is 0 Å². The van der Waals surface area contributed by atoms with Gasteiger partial charge >= 0.3 is 6.18 Å². The number of rotatable bonds is 3. The largest absolute Gasteiger partial charge is 0.460 e. The molecule has 3 nitrogen and oxygen atoms in total. The summed E-state index contributed by atoms with van der Waals surface area (Å²) in [6.07, 6.45) is -4.61. The van der Waals surface area contributed by atoms with Crippen LogP contribution in [-0.4, -0.2) is 5.91 Å². The molecule has 0 saturated heterocycles. The number of nitrogens with one attached hydrogen (secondary N) is 1. The van der Waals surface area contributed by atoms with Gasteiger partial charge in [0.25, 0.3) is 5.91 Å². The first-order chi connectivity index (χ1) is 12.8. The highest BCUT2D eigenvalue weighted by Crippen LogP contribution is 2.38. The number of amides is 1. The summed E-state index contributed by atoms with van der Waals surface area (Å²) in [6, 6.07) is 14.9. The van der Waals surface area contributed by atoms with Gasteiger partial charge in [-0.3, -0.25) is 4.79 Å². The van der Waals surface area contributed by atoms with Crippen LogP contribution in [0.5, 0.6) is 0 Å². The zero-order chi connectivity index (χ0) is 19.6. The molecule has 1 aromatic heterocycles. The zero-order valence-electron chi connectivity index (χ0n) is 14.1. The summed E-state index contributed by atoms with van der Waals surface area (Å²) in [5.41, 5.74) is -0.760. The molecule has 1 heterocycles. The van der Waals surface area contributed by atoms with Crippen molar-refractivity contribution in [3.63, 3.8) is 0 Å². The minimum absolute atomic E-state index is 0.110. The van der Waals surface area contributed by atoms with Crippen molar-refractivity contribution in [2.45, 2.75) is 13.1 Å². The minimum atomic E-state index is -4.61. The smallest absolute Gasteiger partial charge is 0.417 e. The Morgan fingerprint density at radius 1 is 1.04 bits per heavy atom. The predicted molar refractivity (Wildman–Crippen MR) is 99.1 cm³/mol. The maximum Gasteiger partial charge on any atom is 0.417 e. The fourth-order valence-corrected chi connectivity index (χ4v) is 3.01. The van der Waals surface area contributed by atoms with E-state index in [0.29, 0.717) is 11.4 Å². The van der Waals surface area contributed by atoms with Crippen LogP contribution in [0.2, 0.25) is 0 Å². The lowest BCUT2D eigenvalue weighted by Crippen LogP contribution is -2.15. The molecule has 0 spiro atoms. The van der Waals surface area contributed by atoms with E-state index in [1.54, 1.807) is 37.3 Å². The van der Waals surface area contributed by atoms with Gasteiger partial charge in [-0.05, 0) is 31.2 Å². The third kappa shape index (κ3) is 4.09. The molecule has 1 amide bonds. The van der Waals surface area contributed by atoms with Crippen LogP contribution < -0.4 is 5.32 Å². The van der Waals surface area contributed by atoms with E-state index in [4.69, 9.17) is 16.6 Å². The van der Waals surface area contributed by atoms with E-state index in [-0.39, 0.29) is 21.4 Å². The van der Waals surface area contributed by atoms with Gasteiger partial charge in [0.15, 0.2) is 0 Å². The molecule has 0 aliphatic rings. The average Bonchev–Trinajstić information content (AvgIpc) is 2.61. The van der Waals surface area contributed by atoms with Crippen LogP contribution in [0.25, 0.3) is 11.3 Å². The van der Waals surface area contributed by atoms with Gasteiger partial charge in [0.05, 0.1) is 10.1 Å². The van der Waals surface area contributed by atoms with Crippen LogP contribution in [0.4, 0.5) is 18.9 Å². The summed E-state index contributed by atoms with van der Waals surface area (Å²) < 4.78 is 46.0. The van der Waals surface area contributed by atoms with Gasteiger partial charge in [0.1, 0.15) is 17.1 Å². The molecule has 0 fully saturated rings. The van der Waals surface area contributed by atoms with Crippen LogP contribution in [0.3, 0.4) is 0 Å². The first-order valence-electron chi connectivity index (χ1n) is 7.95. The number of anilines is 1. The molecule has 27 heavy (non-hydrogen) atoms. The van der Waals surface area contributed by atoms with Crippen molar-refractivity contribution in [1.29, 1.82) is 0 Å². The Kier molecular flexibility index (Phi) is 5.14. The number of hydrogen-bond donors (Lipinski definition) is 1. The Labute approximate surface area is 158 Å².